The van der Waals surface area contributed by atoms with Gasteiger partial charge < -0.3 is 26.3 Å². The fourth-order valence-corrected chi connectivity index (χ4v) is 4.72. The molecule has 8 heteroatoms. The quantitative estimate of drug-likeness (QED) is 0.463. The van der Waals surface area contributed by atoms with E-state index in [-0.39, 0.29) is 23.4 Å². The maximum absolute atomic E-state index is 14.2. The van der Waals surface area contributed by atoms with E-state index < -0.39 is 6.43 Å². The van der Waals surface area contributed by atoms with E-state index in [2.05, 4.69) is 27.8 Å². The topological polar surface area (TPSA) is 80.2 Å². The number of benzene rings is 2. The minimum Gasteiger partial charge on any atom is -0.393 e. The zero-order valence-corrected chi connectivity index (χ0v) is 19.0. The van der Waals surface area contributed by atoms with Crippen LogP contribution in [0.2, 0.25) is 0 Å². The Hall–Kier alpha value is -3.42. The van der Waals surface area contributed by atoms with Crippen LogP contribution in [-0.4, -0.2) is 31.8 Å². The summed E-state index contributed by atoms with van der Waals surface area (Å²) < 4.78 is 28.3. The van der Waals surface area contributed by atoms with Gasteiger partial charge in [-0.25, -0.2) is 8.78 Å². The lowest BCUT2D eigenvalue weighted by molar-refractivity contribution is -0.116. The Morgan fingerprint density at radius 1 is 1.24 bits per heavy atom. The number of carbonyl (C=O) groups is 1. The van der Waals surface area contributed by atoms with Crippen molar-refractivity contribution in [1.82, 2.24) is 5.32 Å². The van der Waals surface area contributed by atoms with Crippen LogP contribution < -0.4 is 20.9 Å². The lowest BCUT2D eigenvalue weighted by atomic mass is 9.88. The molecule has 2 aliphatic rings. The van der Waals surface area contributed by atoms with Gasteiger partial charge in [0.15, 0.2) is 0 Å². The third-order valence-corrected chi connectivity index (χ3v) is 6.10. The van der Waals surface area contributed by atoms with Gasteiger partial charge in [0.25, 0.3) is 6.43 Å². The van der Waals surface area contributed by atoms with Crippen molar-refractivity contribution in [2.45, 2.75) is 39.2 Å². The number of anilines is 4. The lowest BCUT2D eigenvalue weighted by Crippen LogP contribution is -2.31. The second-order valence-corrected chi connectivity index (χ2v) is 8.82. The molecule has 1 amide bonds. The third kappa shape index (κ3) is 4.42. The van der Waals surface area contributed by atoms with Crippen LogP contribution in [0.4, 0.5) is 31.5 Å². The van der Waals surface area contributed by atoms with E-state index in [9.17, 15) is 13.6 Å². The number of amides is 1. The fraction of sp³-hybridized carbons (Fsp3) is 0.360. The van der Waals surface area contributed by atoms with E-state index in [0.29, 0.717) is 29.8 Å². The zero-order chi connectivity index (χ0) is 23.7. The number of fused-ring (bicyclic) bond motifs is 2. The standard InChI is InChI=1S/C25H29F2N5O/c1-14-7-16-9-18(17(11-28)12-29-3)19(25(26)27)10-22(16)32(13-14)21-6-4-5-20-24(21)30-15(2)8-23(33)31-20/h4-6,9-12,14-15,25,28-30H,7-8,13H2,1-3H3,(H,31,33)/b17-12+,28-11?/t14-,15+/m0/s1. The molecular formula is C25H29F2N5O. The predicted molar refractivity (Wildman–Crippen MR) is 130 cm³/mol. The minimum absolute atomic E-state index is 0.0570. The molecule has 2 atom stereocenters. The van der Waals surface area contributed by atoms with E-state index in [0.717, 1.165) is 35.3 Å². The number of hydrogen-bond donors (Lipinski definition) is 4. The van der Waals surface area contributed by atoms with Crippen LogP contribution in [0.15, 0.2) is 36.5 Å². The number of nitrogens with zero attached hydrogens (tertiary/aromatic N) is 1. The summed E-state index contributed by atoms with van der Waals surface area (Å²) in [5.74, 6) is 0.228. The molecule has 2 aliphatic heterocycles. The van der Waals surface area contributed by atoms with Crippen LogP contribution in [0.25, 0.3) is 5.57 Å². The molecule has 0 aromatic heterocycles. The summed E-state index contributed by atoms with van der Waals surface area (Å²) in [5.41, 5.74) is 4.71. The van der Waals surface area contributed by atoms with Crippen LogP contribution in [0.1, 0.15) is 43.4 Å². The first kappa shape index (κ1) is 22.8. The van der Waals surface area contributed by atoms with E-state index in [1.807, 2.05) is 25.1 Å². The van der Waals surface area contributed by atoms with Gasteiger partial charge in [-0.3, -0.25) is 4.79 Å². The summed E-state index contributed by atoms with van der Waals surface area (Å²) in [4.78, 5) is 14.3. The number of allylic oxidation sites excluding steroid dienone is 1. The second kappa shape index (κ2) is 9.21. The van der Waals surface area contributed by atoms with Gasteiger partial charge in [-0.1, -0.05) is 13.0 Å². The van der Waals surface area contributed by atoms with Crippen LogP contribution in [0, 0.1) is 11.3 Å². The number of nitrogens with one attached hydrogen (secondary N) is 4. The Kier molecular flexibility index (Phi) is 6.35. The molecule has 4 N–H and O–H groups in total. The van der Waals surface area contributed by atoms with Crippen molar-refractivity contribution in [2.24, 2.45) is 5.92 Å². The van der Waals surface area contributed by atoms with Crippen molar-refractivity contribution in [1.29, 1.82) is 5.41 Å². The van der Waals surface area contributed by atoms with Gasteiger partial charge in [0.2, 0.25) is 5.91 Å². The third-order valence-electron chi connectivity index (χ3n) is 6.10. The molecule has 2 aromatic carbocycles. The number of para-hydroxylation sites is 1. The maximum Gasteiger partial charge on any atom is 0.264 e. The Morgan fingerprint density at radius 2 is 2.03 bits per heavy atom. The highest BCUT2D eigenvalue weighted by atomic mass is 19.3. The van der Waals surface area contributed by atoms with Crippen molar-refractivity contribution in [3.05, 3.63) is 53.2 Å². The molecule has 0 radical (unpaired) electrons. The summed E-state index contributed by atoms with van der Waals surface area (Å²) in [6.07, 6.45) is 1.08. The molecule has 2 heterocycles. The van der Waals surface area contributed by atoms with Crippen LogP contribution in [0.5, 0.6) is 0 Å². The van der Waals surface area contributed by atoms with Crippen molar-refractivity contribution < 1.29 is 13.6 Å². The number of alkyl halides is 2. The largest absolute Gasteiger partial charge is 0.393 e. The first-order valence-corrected chi connectivity index (χ1v) is 11.1. The lowest BCUT2D eigenvalue weighted by Gasteiger charge is -2.37. The summed E-state index contributed by atoms with van der Waals surface area (Å²) in [7, 11) is 1.68. The van der Waals surface area contributed by atoms with Gasteiger partial charge in [0, 0.05) is 55.3 Å². The SMILES string of the molecule is CN/C=C(\C=N)c1cc2c(cc1C(F)F)N(c1cccc3c1N[C@H](C)CC(=O)N3)C[C@@H](C)C2. The Bertz CT molecular complexity index is 1110. The van der Waals surface area contributed by atoms with E-state index in [4.69, 9.17) is 5.41 Å². The molecule has 2 aromatic rings. The average Bonchev–Trinajstić information content (AvgIpc) is 2.91. The average molecular weight is 454 g/mol. The number of rotatable bonds is 5. The molecule has 0 spiro atoms. The van der Waals surface area contributed by atoms with Crippen LogP contribution in [-0.2, 0) is 11.2 Å². The normalized spacial score (nSPS) is 20.4. The van der Waals surface area contributed by atoms with Gasteiger partial charge in [0.1, 0.15) is 0 Å². The summed E-state index contributed by atoms with van der Waals surface area (Å²) >= 11 is 0. The van der Waals surface area contributed by atoms with E-state index >= 15 is 0 Å². The Balaban J connectivity index is 1.89. The number of hydrogen-bond acceptors (Lipinski definition) is 5. The van der Waals surface area contributed by atoms with Crippen molar-refractivity contribution in [3.8, 4) is 0 Å². The molecule has 6 nitrogen and oxygen atoms in total. The van der Waals surface area contributed by atoms with Crippen LogP contribution >= 0.6 is 0 Å². The second-order valence-electron chi connectivity index (χ2n) is 8.82. The fourth-order valence-electron chi connectivity index (χ4n) is 4.72. The van der Waals surface area contributed by atoms with Crippen molar-refractivity contribution >= 4 is 40.4 Å². The van der Waals surface area contributed by atoms with Gasteiger partial charge in [-0.15, -0.1) is 0 Å². The van der Waals surface area contributed by atoms with Crippen molar-refractivity contribution in [3.63, 3.8) is 0 Å². The van der Waals surface area contributed by atoms with Gasteiger partial charge >= 0.3 is 0 Å². The monoisotopic (exact) mass is 453 g/mol. The first-order chi connectivity index (χ1) is 15.8. The number of carbonyl (C=O) groups excluding carboxylic acids is 1. The zero-order valence-electron chi connectivity index (χ0n) is 19.0. The Labute approximate surface area is 192 Å². The molecule has 0 fully saturated rings. The smallest absolute Gasteiger partial charge is 0.264 e. The summed E-state index contributed by atoms with van der Waals surface area (Å²) in [5, 5.41) is 17.0. The molecular weight excluding hydrogens is 424 g/mol. The molecule has 33 heavy (non-hydrogen) atoms. The van der Waals surface area contributed by atoms with Crippen molar-refractivity contribution in [2.75, 3.05) is 29.1 Å². The van der Waals surface area contributed by atoms with E-state index in [1.165, 1.54) is 0 Å². The Morgan fingerprint density at radius 3 is 2.73 bits per heavy atom. The van der Waals surface area contributed by atoms with Gasteiger partial charge in [-0.05, 0) is 54.7 Å². The molecule has 0 saturated carbocycles. The maximum atomic E-state index is 14.2. The summed E-state index contributed by atoms with van der Waals surface area (Å²) in [6.45, 7) is 4.75. The van der Waals surface area contributed by atoms with Gasteiger partial charge in [-0.2, -0.15) is 0 Å². The summed E-state index contributed by atoms with van der Waals surface area (Å²) in [6, 6.07) is 8.98. The molecule has 0 bridgehead atoms. The molecule has 4 rings (SSSR count). The highest BCUT2D eigenvalue weighted by molar-refractivity contribution is 6.09. The molecule has 174 valence electrons. The predicted octanol–water partition coefficient (Wildman–Crippen LogP) is 5.31. The molecule has 0 unspecified atom stereocenters. The highest BCUT2D eigenvalue weighted by Crippen LogP contribution is 2.45. The minimum atomic E-state index is -2.68. The molecule has 0 aliphatic carbocycles. The first-order valence-electron chi connectivity index (χ1n) is 11.1. The van der Waals surface area contributed by atoms with E-state index in [1.54, 1.807) is 25.4 Å². The van der Waals surface area contributed by atoms with Gasteiger partial charge in [0.05, 0.1) is 17.1 Å². The number of halogens is 2. The van der Waals surface area contributed by atoms with Crippen LogP contribution in [0.3, 0.4) is 0 Å². The highest BCUT2D eigenvalue weighted by Gasteiger charge is 2.30. The molecule has 0 saturated heterocycles.